The van der Waals surface area contributed by atoms with Crippen LogP contribution >= 0.6 is 0 Å². The van der Waals surface area contributed by atoms with E-state index in [1.807, 2.05) is 0 Å². The van der Waals surface area contributed by atoms with Crippen LogP contribution in [-0.2, 0) is 9.59 Å². The van der Waals surface area contributed by atoms with E-state index in [0.29, 0.717) is 6.54 Å². The Morgan fingerprint density at radius 3 is 1.21 bits per heavy atom. The third-order valence-electron chi connectivity index (χ3n) is 5.78. The number of carboxylic acids is 2. The first-order chi connectivity index (χ1) is 16.4. The van der Waals surface area contributed by atoms with Crippen molar-refractivity contribution in [2.75, 3.05) is 6.54 Å². The molecule has 0 amide bonds. The number of carboxylic acid groups (broad SMARTS) is 2. The van der Waals surface area contributed by atoms with Gasteiger partial charge in [0.25, 0.3) is 0 Å². The molecule has 0 aliphatic carbocycles. The number of aliphatic carboxylic acids is 2. The Kier molecular flexibility index (Phi) is 37.5. The van der Waals surface area contributed by atoms with Crippen LogP contribution in [0.25, 0.3) is 0 Å². The molecule has 34 heavy (non-hydrogen) atoms. The minimum Gasteiger partial charge on any atom is -0.481 e. The van der Waals surface area contributed by atoms with Crippen molar-refractivity contribution in [1.82, 2.24) is 5.32 Å². The van der Waals surface area contributed by atoms with Crippen LogP contribution in [0.4, 0.5) is 0 Å². The summed E-state index contributed by atoms with van der Waals surface area (Å²) in [7, 11) is 0. The Morgan fingerprint density at radius 2 is 0.882 bits per heavy atom. The zero-order chi connectivity index (χ0) is 26.3. The molecular formula is C29H61NO4. The Bertz CT molecular complexity index is 386. The normalized spacial score (nSPS) is 11.1. The first-order valence-electron chi connectivity index (χ1n) is 14.6. The summed E-state index contributed by atoms with van der Waals surface area (Å²) in [4.78, 5) is 21.4. The molecule has 1 atom stereocenters. The molecule has 0 fully saturated rings. The molecule has 3 N–H and O–H groups in total. The van der Waals surface area contributed by atoms with Crippen molar-refractivity contribution in [1.29, 1.82) is 0 Å². The summed E-state index contributed by atoms with van der Waals surface area (Å²) in [6, 6.07) is -0.741. The van der Waals surface area contributed by atoms with Gasteiger partial charge in [-0.15, -0.1) is 0 Å². The molecule has 0 saturated carbocycles. The van der Waals surface area contributed by atoms with Gasteiger partial charge in [0.1, 0.15) is 6.04 Å². The predicted octanol–water partition coefficient (Wildman–Crippen LogP) is 8.99. The summed E-state index contributed by atoms with van der Waals surface area (Å²) in [6.07, 6.45) is 23.6. The van der Waals surface area contributed by atoms with Crippen LogP contribution in [-0.4, -0.2) is 34.7 Å². The van der Waals surface area contributed by atoms with Crippen molar-refractivity contribution in [3.05, 3.63) is 0 Å². The second kappa shape index (κ2) is 34.1. The summed E-state index contributed by atoms with van der Waals surface area (Å²) < 4.78 is 0. The largest absolute Gasteiger partial charge is 0.481 e. The summed E-state index contributed by atoms with van der Waals surface area (Å²) in [5.41, 5.74) is 0. The van der Waals surface area contributed by atoms with Crippen LogP contribution < -0.4 is 5.32 Å². The molecule has 5 heteroatoms. The summed E-state index contributed by atoms with van der Waals surface area (Å²) in [6.45, 7) is 11.8. The fourth-order valence-electron chi connectivity index (χ4n) is 3.47. The van der Waals surface area contributed by atoms with Gasteiger partial charge in [-0.3, -0.25) is 9.59 Å². The fraction of sp³-hybridized carbons (Fsp3) is 0.931. The lowest BCUT2D eigenvalue weighted by Gasteiger charge is -2.13. The Morgan fingerprint density at radius 1 is 0.559 bits per heavy atom. The number of unbranched alkanes of at least 4 members (excludes halogenated alkanes) is 15. The maximum atomic E-state index is 11.0. The van der Waals surface area contributed by atoms with Crippen LogP contribution in [0, 0.1) is 0 Å². The number of hydrogen-bond donors (Lipinski definition) is 3. The predicted molar refractivity (Wildman–Crippen MR) is 148 cm³/mol. The SMILES string of the molecule is CCCCCC.CCCCCC.CCCCCCCCCCCCNC(CCC(=O)O)C(=O)O. The van der Waals surface area contributed by atoms with Gasteiger partial charge in [0, 0.05) is 6.42 Å². The van der Waals surface area contributed by atoms with E-state index in [2.05, 4.69) is 39.9 Å². The fourth-order valence-corrected chi connectivity index (χ4v) is 3.47. The maximum absolute atomic E-state index is 11.0. The zero-order valence-corrected chi connectivity index (χ0v) is 23.6. The van der Waals surface area contributed by atoms with E-state index in [4.69, 9.17) is 10.2 Å². The van der Waals surface area contributed by atoms with Crippen molar-refractivity contribution in [2.45, 2.75) is 169 Å². The van der Waals surface area contributed by atoms with Gasteiger partial charge in [-0.05, 0) is 19.4 Å². The van der Waals surface area contributed by atoms with E-state index in [9.17, 15) is 9.59 Å². The van der Waals surface area contributed by atoms with Crippen molar-refractivity contribution < 1.29 is 19.8 Å². The topological polar surface area (TPSA) is 86.6 Å². The lowest BCUT2D eigenvalue weighted by atomic mass is 10.1. The lowest BCUT2D eigenvalue weighted by molar-refractivity contribution is -0.140. The third-order valence-corrected chi connectivity index (χ3v) is 5.78. The average molecular weight is 488 g/mol. The molecule has 0 radical (unpaired) electrons. The molecule has 0 heterocycles. The number of hydrogen-bond acceptors (Lipinski definition) is 3. The Hall–Kier alpha value is -1.10. The molecule has 1 unspecified atom stereocenters. The lowest BCUT2D eigenvalue weighted by Crippen LogP contribution is -2.37. The van der Waals surface area contributed by atoms with Gasteiger partial charge in [0.15, 0.2) is 0 Å². The molecule has 206 valence electrons. The van der Waals surface area contributed by atoms with Gasteiger partial charge < -0.3 is 15.5 Å². The quantitative estimate of drug-likeness (QED) is 0.133. The van der Waals surface area contributed by atoms with E-state index in [0.717, 1.165) is 12.8 Å². The standard InChI is InChI=1S/C17H33NO4.2C6H14/c1-2-3-4-5-6-7-8-9-10-11-14-18-15(17(21)22)12-13-16(19)20;2*1-3-5-6-4-2/h15,18H,2-14H2,1H3,(H,19,20)(H,21,22);2*3-6H2,1-2H3. The maximum Gasteiger partial charge on any atom is 0.320 e. The smallest absolute Gasteiger partial charge is 0.320 e. The highest BCUT2D eigenvalue weighted by Gasteiger charge is 2.17. The summed E-state index contributed by atoms with van der Waals surface area (Å²) in [5, 5.41) is 20.5. The van der Waals surface area contributed by atoms with Gasteiger partial charge in [0.05, 0.1) is 0 Å². The summed E-state index contributed by atoms with van der Waals surface area (Å²) >= 11 is 0. The van der Waals surface area contributed by atoms with Gasteiger partial charge >= 0.3 is 11.9 Å². The highest BCUT2D eigenvalue weighted by Crippen LogP contribution is 2.10. The van der Waals surface area contributed by atoms with E-state index in [-0.39, 0.29) is 12.8 Å². The van der Waals surface area contributed by atoms with Gasteiger partial charge in [-0.25, -0.2) is 0 Å². The van der Waals surface area contributed by atoms with E-state index in [1.54, 1.807) is 0 Å². The van der Waals surface area contributed by atoms with Gasteiger partial charge in [0.2, 0.25) is 0 Å². The van der Waals surface area contributed by atoms with Crippen LogP contribution in [0.3, 0.4) is 0 Å². The number of rotatable bonds is 22. The highest BCUT2D eigenvalue weighted by molar-refractivity contribution is 5.75. The molecule has 0 bridgehead atoms. The molecule has 0 aromatic heterocycles. The molecule has 0 aromatic carbocycles. The molecule has 0 aliphatic rings. The molecule has 0 rings (SSSR count). The second-order valence-corrected chi connectivity index (χ2v) is 9.37. The minimum absolute atomic E-state index is 0.109. The zero-order valence-electron chi connectivity index (χ0n) is 23.6. The molecule has 0 spiro atoms. The molecule has 0 aliphatic heterocycles. The highest BCUT2D eigenvalue weighted by atomic mass is 16.4. The minimum atomic E-state index is -0.965. The third kappa shape index (κ3) is 38.2. The van der Waals surface area contributed by atoms with Crippen molar-refractivity contribution >= 4 is 11.9 Å². The van der Waals surface area contributed by atoms with Crippen molar-refractivity contribution in [3.63, 3.8) is 0 Å². The van der Waals surface area contributed by atoms with E-state index in [1.165, 1.54) is 103 Å². The molecule has 0 aromatic rings. The van der Waals surface area contributed by atoms with Crippen molar-refractivity contribution in [2.24, 2.45) is 0 Å². The van der Waals surface area contributed by atoms with E-state index >= 15 is 0 Å². The first-order valence-corrected chi connectivity index (χ1v) is 14.6. The second-order valence-electron chi connectivity index (χ2n) is 9.37. The monoisotopic (exact) mass is 487 g/mol. The summed E-state index contributed by atoms with van der Waals surface area (Å²) in [5.74, 6) is -1.92. The Balaban J connectivity index is -0.000000653. The average Bonchev–Trinajstić information content (AvgIpc) is 2.82. The van der Waals surface area contributed by atoms with Crippen LogP contribution in [0.1, 0.15) is 163 Å². The van der Waals surface area contributed by atoms with Crippen LogP contribution in [0.2, 0.25) is 0 Å². The molecule has 5 nitrogen and oxygen atoms in total. The van der Waals surface area contributed by atoms with Crippen LogP contribution in [0.5, 0.6) is 0 Å². The molecular weight excluding hydrogens is 426 g/mol. The van der Waals surface area contributed by atoms with Crippen LogP contribution in [0.15, 0.2) is 0 Å². The first kappa shape index (κ1) is 37.4. The van der Waals surface area contributed by atoms with E-state index < -0.39 is 18.0 Å². The van der Waals surface area contributed by atoms with Gasteiger partial charge in [-0.1, -0.05) is 144 Å². The Labute approximate surface area is 212 Å². The van der Waals surface area contributed by atoms with Crippen molar-refractivity contribution in [3.8, 4) is 0 Å². The van der Waals surface area contributed by atoms with Gasteiger partial charge in [-0.2, -0.15) is 0 Å². The molecule has 0 saturated heterocycles. The number of carbonyl (C=O) groups is 2. The number of nitrogens with one attached hydrogen (secondary N) is 1.